The van der Waals surface area contributed by atoms with Gasteiger partial charge < -0.3 is 0 Å². The Hall–Kier alpha value is -2.70. The fourth-order valence-electron chi connectivity index (χ4n) is 3.22. The Morgan fingerprint density at radius 3 is 2.77 bits per heavy atom. The van der Waals surface area contributed by atoms with Crippen LogP contribution in [0, 0.1) is 17.8 Å². The summed E-state index contributed by atoms with van der Waals surface area (Å²) in [5.41, 5.74) is 10.3. The number of benzene rings is 2. The van der Waals surface area contributed by atoms with Gasteiger partial charge in [0.2, 0.25) is 0 Å². The van der Waals surface area contributed by atoms with Gasteiger partial charge in [-0.15, -0.1) is 0 Å². The van der Waals surface area contributed by atoms with Crippen molar-refractivity contribution in [2.24, 2.45) is 5.92 Å². The maximum Gasteiger partial charge on any atom is 0.0403 e. The highest BCUT2D eigenvalue weighted by Crippen LogP contribution is 2.21. The van der Waals surface area contributed by atoms with Crippen LogP contribution in [-0.4, -0.2) is 0 Å². The zero-order chi connectivity index (χ0) is 15.1. The van der Waals surface area contributed by atoms with E-state index in [1.54, 1.807) is 0 Å². The minimum absolute atomic E-state index is 0.295. The predicted octanol–water partition coefficient (Wildman–Crippen LogP) is 3.32. The van der Waals surface area contributed by atoms with Crippen molar-refractivity contribution in [1.82, 2.24) is 0 Å². The molecule has 1 unspecified atom stereocenters. The third-order valence-corrected chi connectivity index (χ3v) is 4.30. The van der Waals surface area contributed by atoms with Gasteiger partial charge in [0.15, 0.2) is 0 Å². The van der Waals surface area contributed by atoms with E-state index in [1.807, 2.05) is 0 Å². The molecule has 1 atom stereocenters. The molecule has 22 heavy (non-hydrogen) atoms. The minimum Gasteiger partial charge on any atom is -0.0979 e. The standard InChI is InChI=1S/C22H16/c1-15-6-5-9-18-17-7-3-4-8-19(17)22-14-16(2)11-13-21(22)20(18)12-10-15/h3-4,7-8,10,12,14-15H,9H2,1-2H3/b12-10-. The second kappa shape index (κ2) is 4.94. The van der Waals surface area contributed by atoms with Crippen LogP contribution in [0.3, 0.4) is 0 Å². The maximum absolute atomic E-state index is 3.38. The van der Waals surface area contributed by atoms with Gasteiger partial charge in [-0.3, -0.25) is 0 Å². The molecule has 0 radical (unpaired) electrons. The number of hydrogen-bond acceptors (Lipinski definition) is 0. The minimum atomic E-state index is 0.295. The monoisotopic (exact) mass is 280 g/mol. The summed E-state index contributed by atoms with van der Waals surface area (Å²) in [6.45, 7) is 4.21. The van der Waals surface area contributed by atoms with Crippen LogP contribution in [0.15, 0.2) is 41.6 Å². The van der Waals surface area contributed by atoms with Crippen molar-refractivity contribution in [2.45, 2.75) is 20.3 Å². The zero-order valence-electron chi connectivity index (χ0n) is 12.8. The third kappa shape index (κ3) is 1.97. The molecule has 4 rings (SSSR count). The smallest absolute Gasteiger partial charge is 0.0403 e. The van der Waals surface area contributed by atoms with Crippen molar-refractivity contribution >= 4 is 28.7 Å². The molecule has 0 aromatic heterocycles. The lowest BCUT2D eigenvalue weighted by Gasteiger charge is -2.13. The fraction of sp³-hybridized carbons (Fsp3) is 0.182. The van der Waals surface area contributed by atoms with Crippen molar-refractivity contribution in [3.05, 3.63) is 63.2 Å². The zero-order valence-corrected chi connectivity index (χ0v) is 12.8. The van der Waals surface area contributed by atoms with E-state index in [0.717, 1.165) is 17.2 Å². The summed E-state index contributed by atoms with van der Waals surface area (Å²) in [7, 11) is 0. The maximum atomic E-state index is 3.38. The van der Waals surface area contributed by atoms with E-state index in [-0.39, 0.29) is 0 Å². The lowest BCUT2D eigenvalue weighted by Crippen LogP contribution is -2.30. The average Bonchev–Trinajstić information content (AvgIpc) is 2.52. The molecule has 0 saturated heterocycles. The van der Waals surface area contributed by atoms with Crippen molar-refractivity contribution in [3.63, 3.8) is 0 Å². The van der Waals surface area contributed by atoms with E-state index in [9.17, 15) is 0 Å². The quantitative estimate of drug-likeness (QED) is 0.513. The van der Waals surface area contributed by atoms with Crippen LogP contribution in [0.25, 0.3) is 28.7 Å². The Balaban J connectivity index is 2.28. The molecule has 2 aromatic carbocycles. The Kier molecular flexibility index (Phi) is 2.92. The summed E-state index contributed by atoms with van der Waals surface area (Å²) >= 11 is 0. The highest BCUT2D eigenvalue weighted by molar-refractivity contribution is 5.91. The molecule has 0 saturated carbocycles. The molecule has 2 aliphatic rings. The Morgan fingerprint density at radius 2 is 1.91 bits per heavy atom. The molecule has 0 heterocycles. The first kappa shape index (κ1) is 13.0. The first-order chi connectivity index (χ1) is 10.7. The van der Waals surface area contributed by atoms with Gasteiger partial charge in [-0.05, 0) is 52.6 Å². The Morgan fingerprint density at radius 1 is 1.09 bits per heavy atom. The molecule has 0 nitrogen and oxygen atoms in total. The molecule has 0 bridgehead atoms. The second-order valence-corrected chi connectivity index (χ2v) is 5.95. The summed E-state index contributed by atoms with van der Waals surface area (Å²) in [6.07, 6.45) is 7.42. The largest absolute Gasteiger partial charge is 0.0979 e. The number of fused-ring (bicyclic) bond motifs is 6. The first-order valence-electron chi connectivity index (χ1n) is 7.68. The molecule has 0 fully saturated rings. The van der Waals surface area contributed by atoms with Gasteiger partial charge in [-0.1, -0.05) is 59.7 Å². The number of allylic oxidation sites excluding steroid dienone is 2. The van der Waals surface area contributed by atoms with Crippen LogP contribution < -0.4 is 10.4 Å². The van der Waals surface area contributed by atoms with Gasteiger partial charge in [-0.25, -0.2) is 0 Å². The summed E-state index contributed by atoms with van der Waals surface area (Å²) in [5.74, 6) is 6.92. The van der Waals surface area contributed by atoms with E-state index in [4.69, 9.17) is 0 Å². The van der Waals surface area contributed by atoms with Gasteiger partial charge in [-0.2, -0.15) is 0 Å². The lowest BCUT2D eigenvalue weighted by atomic mass is 9.90. The van der Waals surface area contributed by atoms with Crippen molar-refractivity contribution in [3.8, 4) is 11.8 Å². The molecular formula is C22H16. The molecule has 2 aromatic rings. The molecule has 0 aliphatic heterocycles. The lowest BCUT2D eigenvalue weighted by molar-refractivity contribution is 0.981. The van der Waals surface area contributed by atoms with E-state index in [1.165, 1.54) is 27.1 Å². The van der Waals surface area contributed by atoms with Gasteiger partial charge in [0.1, 0.15) is 0 Å². The topological polar surface area (TPSA) is 0 Å². The van der Waals surface area contributed by atoms with Crippen LogP contribution >= 0.6 is 0 Å². The molecule has 2 aliphatic carbocycles. The third-order valence-electron chi connectivity index (χ3n) is 4.30. The SMILES string of the molecule is CC1=C=C=c2c3c(c4ccccc4c2=C1)CC#CC(C)/C=C\3. The van der Waals surface area contributed by atoms with E-state index in [0.29, 0.717) is 5.92 Å². The van der Waals surface area contributed by atoms with Crippen LogP contribution in [-0.2, 0) is 6.42 Å². The highest BCUT2D eigenvalue weighted by atomic mass is 14.1. The summed E-state index contributed by atoms with van der Waals surface area (Å²) in [4.78, 5) is 0. The first-order valence-corrected chi connectivity index (χ1v) is 7.68. The average molecular weight is 280 g/mol. The molecule has 0 N–H and O–H groups in total. The van der Waals surface area contributed by atoms with Crippen molar-refractivity contribution in [1.29, 1.82) is 0 Å². The van der Waals surface area contributed by atoms with E-state index >= 15 is 0 Å². The Labute approximate surface area is 130 Å². The second-order valence-electron chi connectivity index (χ2n) is 5.95. The van der Waals surface area contributed by atoms with Crippen LogP contribution in [0.1, 0.15) is 25.0 Å². The predicted molar refractivity (Wildman–Crippen MR) is 93.4 cm³/mol. The summed E-state index contributed by atoms with van der Waals surface area (Å²) in [6, 6.07) is 8.62. The van der Waals surface area contributed by atoms with E-state index in [2.05, 4.69) is 79.6 Å². The molecule has 0 amide bonds. The van der Waals surface area contributed by atoms with Crippen LogP contribution in [0.5, 0.6) is 0 Å². The molecule has 0 heteroatoms. The van der Waals surface area contributed by atoms with Crippen molar-refractivity contribution in [2.75, 3.05) is 0 Å². The summed E-state index contributed by atoms with van der Waals surface area (Å²) in [5, 5.41) is 5.01. The molecular weight excluding hydrogens is 264 g/mol. The van der Waals surface area contributed by atoms with Crippen LogP contribution in [0.2, 0.25) is 0 Å². The van der Waals surface area contributed by atoms with Crippen molar-refractivity contribution < 1.29 is 0 Å². The van der Waals surface area contributed by atoms with Gasteiger partial charge in [0, 0.05) is 17.6 Å². The molecule has 104 valence electrons. The summed E-state index contributed by atoms with van der Waals surface area (Å²) < 4.78 is 0. The van der Waals surface area contributed by atoms with Gasteiger partial charge in [0.05, 0.1) is 0 Å². The highest BCUT2D eigenvalue weighted by Gasteiger charge is 2.12. The van der Waals surface area contributed by atoms with Gasteiger partial charge in [0.25, 0.3) is 0 Å². The number of rotatable bonds is 0. The Bertz CT molecular complexity index is 1080. The van der Waals surface area contributed by atoms with Crippen LogP contribution in [0.4, 0.5) is 0 Å². The normalized spacial score (nSPS) is 19.4. The fourth-order valence-corrected chi connectivity index (χ4v) is 3.22. The number of hydrogen-bond donors (Lipinski definition) is 0. The molecule has 0 spiro atoms. The van der Waals surface area contributed by atoms with Gasteiger partial charge >= 0.3 is 0 Å². The van der Waals surface area contributed by atoms with E-state index < -0.39 is 0 Å².